The number of carbonyl (C=O) groups is 1. The van der Waals surface area contributed by atoms with Crippen LogP contribution in [0.2, 0.25) is 0 Å². The van der Waals surface area contributed by atoms with Crippen molar-refractivity contribution in [2.45, 2.75) is 31.7 Å². The maximum Gasteiger partial charge on any atom is 0.264 e. The molecule has 202 valence electrons. The van der Waals surface area contributed by atoms with Gasteiger partial charge in [0.2, 0.25) is 21.9 Å². The lowest BCUT2D eigenvalue weighted by atomic mass is 10.2. The molecule has 1 aromatic heterocycles. The number of aryl methyl sites for hydroxylation is 2. The minimum absolute atomic E-state index is 0.0475. The Kier molecular flexibility index (Phi) is 7.47. The number of rotatable bonds is 8. The zero-order valence-corrected chi connectivity index (χ0v) is 22.8. The summed E-state index contributed by atoms with van der Waals surface area (Å²) >= 11 is 0. The summed E-state index contributed by atoms with van der Waals surface area (Å²) in [5, 5.41) is 2.63. The maximum atomic E-state index is 13.0. The molecule has 1 aliphatic heterocycles. The van der Waals surface area contributed by atoms with Gasteiger partial charge in [0.1, 0.15) is 19.3 Å². The number of ether oxygens (including phenoxy) is 2. The number of hydrogen-bond acceptors (Lipinski definition) is 9. The summed E-state index contributed by atoms with van der Waals surface area (Å²) in [7, 11) is -7.85. The highest BCUT2D eigenvalue weighted by molar-refractivity contribution is 7.92. The molecule has 0 bridgehead atoms. The van der Waals surface area contributed by atoms with Crippen molar-refractivity contribution in [1.82, 2.24) is 9.97 Å². The first kappa shape index (κ1) is 27.1. The van der Waals surface area contributed by atoms with E-state index in [1.165, 1.54) is 43.3 Å². The summed E-state index contributed by atoms with van der Waals surface area (Å²) in [5.74, 6) is 0.196. The molecular formula is C24H27N5O7S2. The van der Waals surface area contributed by atoms with Crippen LogP contribution in [0.5, 0.6) is 11.5 Å². The molecule has 38 heavy (non-hydrogen) atoms. The molecule has 14 heteroatoms. The Bertz CT molecular complexity index is 1560. The minimum Gasteiger partial charge on any atom is -0.486 e. The number of amides is 1. The second-order valence-corrected chi connectivity index (χ2v) is 12.2. The van der Waals surface area contributed by atoms with Crippen molar-refractivity contribution in [2.24, 2.45) is 0 Å². The number of benzene rings is 2. The molecule has 4 rings (SSSR count). The van der Waals surface area contributed by atoms with E-state index < -0.39 is 32.0 Å². The molecule has 1 unspecified atom stereocenters. The molecule has 1 amide bonds. The van der Waals surface area contributed by atoms with Crippen LogP contribution < -0.4 is 23.8 Å². The number of aromatic nitrogens is 2. The van der Waals surface area contributed by atoms with Crippen LogP contribution >= 0.6 is 0 Å². The monoisotopic (exact) mass is 561 g/mol. The molecule has 2 heterocycles. The van der Waals surface area contributed by atoms with Gasteiger partial charge in [-0.25, -0.2) is 31.5 Å². The lowest BCUT2D eigenvalue weighted by Gasteiger charge is -2.29. The first-order chi connectivity index (χ1) is 17.8. The molecule has 3 aromatic rings. The van der Waals surface area contributed by atoms with Gasteiger partial charge in [-0.3, -0.25) is 9.10 Å². The summed E-state index contributed by atoms with van der Waals surface area (Å²) in [5.41, 5.74) is 1.74. The minimum atomic E-state index is -3.98. The number of hydrogen-bond donors (Lipinski definition) is 2. The molecule has 0 radical (unpaired) electrons. The Balaban J connectivity index is 1.50. The van der Waals surface area contributed by atoms with E-state index in [9.17, 15) is 21.6 Å². The fraction of sp³-hybridized carbons (Fsp3) is 0.292. The summed E-state index contributed by atoms with van der Waals surface area (Å²) in [6.07, 6.45) is 1.000. The quantitative estimate of drug-likeness (QED) is 0.422. The molecule has 0 fully saturated rings. The first-order valence-corrected chi connectivity index (χ1v) is 14.8. The maximum absolute atomic E-state index is 13.0. The number of nitrogens with zero attached hydrogens (tertiary/aromatic N) is 3. The predicted molar refractivity (Wildman–Crippen MR) is 142 cm³/mol. The Morgan fingerprint density at radius 2 is 1.53 bits per heavy atom. The van der Waals surface area contributed by atoms with Crippen molar-refractivity contribution in [2.75, 3.05) is 33.8 Å². The molecule has 0 aliphatic carbocycles. The van der Waals surface area contributed by atoms with Gasteiger partial charge in [-0.2, -0.15) is 0 Å². The number of carbonyl (C=O) groups excluding carboxylic acids is 1. The van der Waals surface area contributed by atoms with Crippen LogP contribution in [0, 0.1) is 13.8 Å². The van der Waals surface area contributed by atoms with Crippen molar-refractivity contribution in [3.63, 3.8) is 0 Å². The highest BCUT2D eigenvalue weighted by Crippen LogP contribution is 2.35. The summed E-state index contributed by atoms with van der Waals surface area (Å²) in [6, 6.07) is 10.6. The molecule has 2 N–H and O–H groups in total. The Hall–Kier alpha value is -3.91. The molecule has 2 aromatic carbocycles. The third-order valence-corrected chi connectivity index (χ3v) is 8.09. The van der Waals surface area contributed by atoms with Crippen LogP contribution in [-0.2, 0) is 24.8 Å². The number of nitrogens with one attached hydrogen (secondary N) is 2. The van der Waals surface area contributed by atoms with Gasteiger partial charge in [-0.1, -0.05) is 0 Å². The molecule has 1 aliphatic rings. The first-order valence-electron chi connectivity index (χ1n) is 11.5. The van der Waals surface area contributed by atoms with Crippen molar-refractivity contribution < 1.29 is 31.1 Å². The molecule has 0 saturated carbocycles. The standard InChI is InChI=1S/C24H27N5O7S2/c1-15-13-16(2)26-24(25-15)28-38(33,34)20-8-5-18(6-9-20)27-23(30)17(3)29(37(4,31)32)19-7-10-21-22(14-19)36-12-11-35-21/h5-10,13-14,17H,11-12H2,1-4H3,(H,27,30)(H,25,26,28). The van der Waals surface area contributed by atoms with E-state index >= 15 is 0 Å². The van der Waals surface area contributed by atoms with Crippen LogP contribution in [-0.4, -0.2) is 58.2 Å². The van der Waals surface area contributed by atoms with Crippen LogP contribution in [0.4, 0.5) is 17.3 Å². The molecule has 1 atom stereocenters. The average Bonchev–Trinajstić information content (AvgIpc) is 2.82. The summed E-state index contributed by atoms with van der Waals surface area (Å²) in [4.78, 5) is 21.1. The van der Waals surface area contributed by atoms with Gasteiger partial charge >= 0.3 is 0 Å². The second-order valence-electron chi connectivity index (χ2n) is 8.66. The predicted octanol–water partition coefficient (Wildman–Crippen LogP) is 2.46. The van der Waals surface area contributed by atoms with Gasteiger partial charge in [-0.05, 0) is 63.2 Å². The molecule has 12 nitrogen and oxygen atoms in total. The SMILES string of the molecule is Cc1cc(C)nc(NS(=O)(=O)c2ccc(NC(=O)C(C)N(c3ccc4c(c3)OCCO4)S(C)(=O)=O)cc2)n1. The molecule has 0 saturated heterocycles. The van der Waals surface area contributed by atoms with Crippen LogP contribution in [0.25, 0.3) is 0 Å². The Labute approximate surface area is 221 Å². The molecule has 0 spiro atoms. The van der Waals surface area contributed by atoms with Crippen molar-refractivity contribution in [1.29, 1.82) is 0 Å². The van der Waals surface area contributed by atoms with E-state index in [-0.39, 0.29) is 22.2 Å². The van der Waals surface area contributed by atoms with Gasteiger partial charge in [0.25, 0.3) is 10.0 Å². The summed E-state index contributed by atoms with van der Waals surface area (Å²) < 4.78 is 65.1. The van der Waals surface area contributed by atoms with E-state index in [4.69, 9.17) is 9.47 Å². The number of sulfonamides is 2. The number of anilines is 3. The van der Waals surface area contributed by atoms with E-state index in [1.54, 1.807) is 26.0 Å². The largest absolute Gasteiger partial charge is 0.486 e. The van der Waals surface area contributed by atoms with E-state index in [2.05, 4.69) is 20.0 Å². The lowest BCUT2D eigenvalue weighted by Crippen LogP contribution is -2.45. The molecular weight excluding hydrogens is 534 g/mol. The van der Waals surface area contributed by atoms with Gasteiger partial charge in [0, 0.05) is 23.1 Å². The zero-order valence-electron chi connectivity index (χ0n) is 21.1. The highest BCUT2D eigenvalue weighted by atomic mass is 32.2. The van der Waals surface area contributed by atoms with Crippen LogP contribution in [0.15, 0.2) is 53.4 Å². The van der Waals surface area contributed by atoms with E-state index in [0.29, 0.717) is 36.1 Å². The van der Waals surface area contributed by atoms with Gasteiger partial charge < -0.3 is 14.8 Å². The van der Waals surface area contributed by atoms with Crippen molar-refractivity contribution in [3.05, 3.63) is 59.9 Å². The third-order valence-electron chi connectivity index (χ3n) is 5.51. The van der Waals surface area contributed by atoms with Crippen molar-refractivity contribution in [3.8, 4) is 11.5 Å². The van der Waals surface area contributed by atoms with Gasteiger partial charge in [0.15, 0.2) is 11.5 Å². The topological polar surface area (TPSA) is 157 Å². The highest BCUT2D eigenvalue weighted by Gasteiger charge is 2.30. The fourth-order valence-corrected chi connectivity index (χ4v) is 6.00. The Morgan fingerprint density at radius 1 is 0.921 bits per heavy atom. The van der Waals surface area contributed by atoms with E-state index in [0.717, 1.165) is 10.6 Å². The lowest BCUT2D eigenvalue weighted by molar-refractivity contribution is -0.116. The summed E-state index contributed by atoms with van der Waals surface area (Å²) in [6.45, 7) is 5.60. The number of fused-ring (bicyclic) bond motifs is 1. The Morgan fingerprint density at radius 3 is 2.13 bits per heavy atom. The van der Waals surface area contributed by atoms with Gasteiger partial charge in [0.05, 0.1) is 16.8 Å². The smallest absolute Gasteiger partial charge is 0.264 e. The zero-order chi connectivity index (χ0) is 27.7. The third kappa shape index (κ3) is 6.14. The van der Waals surface area contributed by atoms with E-state index in [1.807, 2.05) is 0 Å². The van der Waals surface area contributed by atoms with Crippen LogP contribution in [0.1, 0.15) is 18.3 Å². The van der Waals surface area contributed by atoms with Crippen LogP contribution in [0.3, 0.4) is 0 Å². The van der Waals surface area contributed by atoms with Crippen molar-refractivity contribution >= 4 is 43.3 Å². The normalized spacial score (nSPS) is 13.9. The second kappa shape index (κ2) is 10.5. The average molecular weight is 562 g/mol. The fourth-order valence-electron chi connectivity index (χ4n) is 3.89. The van der Waals surface area contributed by atoms with Gasteiger partial charge in [-0.15, -0.1) is 0 Å².